The molecule has 5 nitrogen and oxygen atoms in total. The third-order valence-electron chi connectivity index (χ3n) is 5.29. The quantitative estimate of drug-likeness (QED) is 0.311. The predicted molar refractivity (Wildman–Crippen MR) is 126 cm³/mol. The molecule has 8 heteroatoms. The van der Waals surface area contributed by atoms with Gasteiger partial charge >= 0.3 is 6.18 Å². The molecule has 2 heterocycles. The van der Waals surface area contributed by atoms with Crippen molar-refractivity contribution in [3.05, 3.63) is 103 Å². The van der Waals surface area contributed by atoms with Crippen molar-refractivity contribution in [2.75, 3.05) is 10.6 Å². The largest absolute Gasteiger partial charge is 0.433 e. The van der Waals surface area contributed by atoms with Crippen molar-refractivity contribution >= 4 is 44.6 Å². The third kappa shape index (κ3) is 4.38. The fourth-order valence-corrected chi connectivity index (χ4v) is 3.62. The number of hydrogen-bond acceptors (Lipinski definition) is 4. The second kappa shape index (κ2) is 8.47. The molecule has 1 amide bonds. The van der Waals surface area contributed by atoms with E-state index in [-0.39, 0.29) is 22.8 Å². The highest BCUT2D eigenvalue weighted by atomic mass is 19.4. The van der Waals surface area contributed by atoms with Crippen molar-refractivity contribution in [3.8, 4) is 0 Å². The Morgan fingerprint density at radius 3 is 2.24 bits per heavy atom. The molecule has 3 aromatic carbocycles. The van der Waals surface area contributed by atoms with E-state index in [4.69, 9.17) is 0 Å². The SMILES string of the molecule is O=C(Nc1ccc(Nc2cc(C(F)(F)F)nc3ccccc23)cc1)c1cc2ccccc2cn1. The molecule has 0 spiro atoms. The number of amides is 1. The van der Waals surface area contributed by atoms with Gasteiger partial charge < -0.3 is 10.6 Å². The van der Waals surface area contributed by atoms with E-state index in [0.717, 1.165) is 16.8 Å². The molecule has 0 bridgehead atoms. The number of para-hydroxylation sites is 1. The van der Waals surface area contributed by atoms with Crippen molar-refractivity contribution in [2.24, 2.45) is 0 Å². The fourth-order valence-electron chi connectivity index (χ4n) is 3.62. The zero-order chi connectivity index (χ0) is 23.7. The zero-order valence-corrected chi connectivity index (χ0v) is 17.6. The van der Waals surface area contributed by atoms with E-state index < -0.39 is 11.9 Å². The van der Waals surface area contributed by atoms with Gasteiger partial charge in [0.25, 0.3) is 5.91 Å². The standard InChI is InChI=1S/C26H17F3N4O/c27-26(28,29)24-14-22(20-7-3-4-8-21(20)33-24)31-18-9-11-19(12-10-18)32-25(34)23-13-16-5-1-2-6-17(16)15-30-23/h1-15H,(H,31,33)(H,32,34). The molecule has 2 aromatic heterocycles. The Hall–Kier alpha value is -4.46. The molecule has 0 fully saturated rings. The summed E-state index contributed by atoms with van der Waals surface area (Å²) < 4.78 is 39.9. The third-order valence-corrected chi connectivity index (χ3v) is 5.29. The Labute approximate surface area is 192 Å². The number of aromatic nitrogens is 2. The number of rotatable bonds is 4. The van der Waals surface area contributed by atoms with Crippen molar-refractivity contribution < 1.29 is 18.0 Å². The van der Waals surface area contributed by atoms with Gasteiger partial charge in [0.15, 0.2) is 0 Å². The number of pyridine rings is 2. The van der Waals surface area contributed by atoms with E-state index in [2.05, 4.69) is 20.6 Å². The monoisotopic (exact) mass is 458 g/mol. The van der Waals surface area contributed by atoms with Crippen LogP contribution in [0.3, 0.4) is 0 Å². The van der Waals surface area contributed by atoms with E-state index in [1.54, 1.807) is 54.7 Å². The summed E-state index contributed by atoms with van der Waals surface area (Å²) in [6.07, 6.45) is -2.92. The Morgan fingerprint density at radius 1 is 0.794 bits per heavy atom. The maximum atomic E-state index is 13.3. The number of nitrogens with zero attached hydrogens (tertiary/aromatic N) is 2. The van der Waals surface area contributed by atoms with Gasteiger partial charge in [-0.05, 0) is 47.9 Å². The van der Waals surface area contributed by atoms with Crippen LogP contribution >= 0.6 is 0 Å². The van der Waals surface area contributed by atoms with Gasteiger partial charge in [0.05, 0.1) is 11.2 Å². The zero-order valence-electron chi connectivity index (χ0n) is 17.6. The van der Waals surface area contributed by atoms with Crippen molar-refractivity contribution in [2.45, 2.75) is 6.18 Å². The van der Waals surface area contributed by atoms with Gasteiger partial charge in [-0.2, -0.15) is 13.2 Å². The molecule has 0 aliphatic rings. The maximum absolute atomic E-state index is 13.3. The normalized spacial score (nSPS) is 11.5. The minimum absolute atomic E-state index is 0.242. The van der Waals surface area contributed by atoms with Gasteiger partial charge in [-0.3, -0.25) is 9.78 Å². The lowest BCUT2D eigenvalue weighted by atomic mass is 10.1. The number of hydrogen-bond donors (Lipinski definition) is 2. The van der Waals surface area contributed by atoms with Crippen LogP contribution in [0.15, 0.2) is 91.1 Å². The molecular formula is C26H17F3N4O. The van der Waals surface area contributed by atoms with E-state index >= 15 is 0 Å². The van der Waals surface area contributed by atoms with E-state index in [0.29, 0.717) is 16.8 Å². The summed E-state index contributed by atoms with van der Waals surface area (Å²) in [5, 5.41) is 8.22. The highest BCUT2D eigenvalue weighted by molar-refractivity contribution is 6.05. The van der Waals surface area contributed by atoms with Crippen LogP contribution < -0.4 is 10.6 Å². The van der Waals surface area contributed by atoms with Gasteiger partial charge in [-0.1, -0.05) is 42.5 Å². The van der Waals surface area contributed by atoms with Gasteiger partial charge in [-0.15, -0.1) is 0 Å². The van der Waals surface area contributed by atoms with Crippen molar-refractivity contribution in [3.63, 3.8) is 0 Å². The molecule has 34 heavy (non-hydrogen) atoms. The highest BCUT2D eigenvalue weighted by Crippen LogP contribution is 2.34. The minimum Gasteiger partial charge on any atom is -0.355 e. The first-order valence-corrected chi connectivity index (χ1v) is 10.4. The molecule has 0 atom stereocenters. The predicted octanol–water partition coefficient (Wildman–Crippen LogP) is 6.80. The number of carbonyl (C=O) groups excluding carboxylic acids is 1. The van der Waals surface area contributed by atoms with Gasteiger partial charge in [-0.25, -0.2) is 4.98 Å². The molecule has 0 aliphatic carbocycles. The molecule has 2 N–H and O–H groups in total. The molecular weight excluding hydrogens is 441 g/mol. The number of nitrogens with one attached hydrogen (secondary N) is 2. The molecule has 168 valence electrons. The summed E-state index contributed by atoms with van der Waals surface area (Å²) in [7, 11) is 0. The lowest BCUT2D eigenvalue weighted by molar-refractivity contribution is -0.140. The smallest absolute Gasteiger partial charge is 0.355 e. The minimum atomic E-state index is -4.56. The summed E-state index contributed by atoms with van der Waals surface area (Å²) in [4.78, 5) is 20.5. The van der Waals surface area contributed by atoms with Gasteiger partial charge in [0.1, 0.15) is 11.4 Å². The number of halogens is 3. The summed E-state index contributed by atoms with van der Waals surface area (Å²) in [5.74, 6) is -0.360. The summed E-state index contributed by atoms with van der Waals surface area (Å²) in [5.41, 5.74) is 0.929. The lowest BCUT2D eigenvalue weighted by Crippen LogP contribution is -2.13. The lowest BCUT2D eigenvalue weighted by Gasteiger charge is -2.14. The van der Waals surface area contributed by atoms with Crippen LogP contribution in [0.5, 0.6) is 0 Å². The molecule has 0 unspecified atom stereocenters. The average Bonchev–Trinajstić information content (AvgIpc) is 2.84. The molecule has 0 aliphatic heterocycles. The second-order valence-electron chi connectivity index (χ2n) is 7.64. The van der Waals surface area contributed by atoms with Gasteiger partial charge in [0, 0.05) is 28.3 Å². The Morgan fingerprint density at radius 2 is 1.47 bits per heavy atom. The fraction of sp³-hybridized carbons (Fsp3) is 0.0385. The molecule has 5 aromatic rings. The van der Waals surface area contributed by atoms with Crippen LogP contribution in [-0.4, -0.2) is 15.9 Å². The number of fused-ring (bicyclic) bond motifs is 2. The highest BCUT2D eigenvalue weighted by Gasteiger charge is 2.33. The molecule has 0 saturated heterocycles. The summed E-state index contributed by atoms with van der Waals surface area (Å²) in [6, 6.07) is 23.6. The maximum Gasteiger partial charge on any atom is 0.433 e. The molecule has 0 saturated carbocycles. The Balaban J connectivity index is 1.36. The van der Waals surface area contributed by atoms with E-state index in [1.807, 2.05) is 24.3 Å². The van der Waals surface area contributed by atoms with Crippen LogP contribution in [0.25, 0.3) is 21.7 Å². The first kappa shape index (κ1) is 21.4. The summed E-state index contributed by atoms with van der Waals surface area (Å²) >= 11 is 0. The summed E-state index contributed by atoms with van der Waals surface area (Å²) in [6.45, 7) is 0. The van der Waals surface area contributed by atoms with Crippen molar-refractivity contribution in [1.82, 2.24) is 9.97 Å². The second-order valence-corrected chi connectivity index (χ2v) is 7.64. The van der Waals surface area contributed by atoms with Crippen LogP contribution in [0.4, 0.5) is 30.2 Å². The van der Waals surface area contributed by atoms with E-state index in [9.17, 15) is 18.0 Å². The topological polar surface area (TPSA) is 66.9 Å². The first-order chi connectivity index (χ1) is 16.4. The van der Waals surface area contributed by atoms with Crippen LogP contribution in [-0.2, 0) is 6.18 Å². The van der Waals surface area contributed by atoms with Gasteiger partial charge in [0.2, 0.25) is 0 Å². The number of benzene rings is 3. The van der Waals surface area contributed by atoms with Crippen LogP contribution in [0.2, 0.25) is 0 Å². The Kier molecular flexibility index (Phi) is 5.33. The van der Waals surface area contributed by atoms with Crippen molar-refractivity contribution in [1.29, 1.82) is 0 Å². The van der Waals surface area contributed by atoms with Crippen LogP contribution in [0, 0.1) is 0 Å². The number of anilines is 3. The number of alkyl halides is 3. The Bertz CT molecular complexity index is 1510. The number of carbonyl (C=O) groups is 1. The molecule has 5 rings (SSSR count). The first-order valence-electron chi connectivity index (χ1n) is 10.4. The average molecular weight is 458 g/mol. The van der Waals surface area contributed by atoms with E-state index in [1.165, 1.54) is 6.07 Å². The van der Waals surface area contributed by atoms with Crippen LogP contribution in [0.1, 0.15) is 16.2 Å². The molecule has 0 radical (unpaired) electrons.